The van der Waals surface area contributed by atoms with Gasteiger partial charge in [0.1, 0.15) is 0 Å². The Bertz CT molecular complexity index is 550. The minimum atomic E-state index is -3.55. The first-order chi connectivity index (χ1) is 9.77. The monoisotopic (exact) mass is 332 g/mol. The molecule has 0 bridgehead atoms. The van der Waals surface area contributed by atoms with Crippen molar-refractivity contribution >= 4 is 27.3 Å². The van der Waals surface area contributed by atoms with Crippen LogP contribution in [0, 0.1) is 6.92 Å². The first kappa shape index (κ1) is 18.3. The van der Waals surface area contributed by atoms with Gasteiger partial charge in [-0.15, -0.1) is 0 Å². The second kappa shape index (κ2) is 8.01. The number of nitrogens with one attached hydrogen (secondary N) is 1. The van der Waals surface area contributed by atoms with Crippen molar-refractivity contribution in [3.05, 3.63) is 22.7 Å². The predicted molar refractivity (Wildman–Crippen MR) is 89.1 cm³/mol. The number of hydrogen-bond acceptors (Lipinski definition) is 3. The molecule has 0 spiro atoms. The maximum absolute atomic E-state index is 12.3. The second-order valence-corrected chi connectivity index (χ2v) is 7.61. The molecule has 0 saturated carbocycles. The molecule has 1 aromatic carbocycles. The summed E-state index contributed by atoms with van der Waals surface area (Å²) in [5, 5.41) is 0.404. The van der Waals surface area contributed by atoms with Gasteiger partial charge >= 0.3 is 0 Å². The van der Waals surface area contributed by atoms with E-state index in [4.69, 9.17) is 17.3 Å². The normalized spacial score (nSPS) is 13.3. The third-order valence-electron chi connectivity index (χ3n) is 3.41. The van der Waals surface area contributed by atoms with Crippen LogP contribution in [-0.2, 0) is 10.0 Å². The molecule has 21 heavy (non-hydrogen) atoms. The van der Waals surface area contributed by atoms with E-state index < -0.39 is 10.0 Å². The molecule has 3 N–H and O–H groups in total. The highest BCUT2D eigenvalue weighted by atomic mass is 35.5. The first-order valence-electron chi connectivity index (χ1n) is 7.36. The van der Waals surface area contributed by atoms with Crippen LogP contribution in [0.1, 0.15) is 51.5 Å². The molecule has 0 heterocycles. The van der Waals surface area contributed by atoms with Gasteiger partial charge in [-0.05, 0) is 38.0 Å². The van der Waals surface area contributed by atoms with Crippen molar-refractivity contribution in [2.24, 2.45) is 0 Å². The number of sulfonamides is 1. The van der Waals surface area contributed by atoms with Crippen LogP contribution < -0.4 is 10.5 Å². The number of hydrogen-bond donors (Lipinski definition) is 2. The second-order valence-electron chi connectivity index (χ2n) is 5.52. The summed E-state index contributed by atoms with van der Waals surface area (Å²) in [6, 6.07) is 2.86. The highest BCUT2D eigenvalue weighted by Gasteiger charge is 2.19. The van der Waals surface area contributed by atoms with E-state index in [0.717, 1.165) is 19.3 Å². The maximum Gasteiger partial charge on any atom is 0.240 e. The van der Waals surface area contributed by atoms with Crippen LogP contribution in [0.4, 0.5) is 5.69 Å². The Labute approximate surface area is 133 Å². The average molecular weight is 333 g/mol. The number of aryl methyl sites for hydroxylation is 1. The van der Waals surface area contributed by atoms with Crippen molar-refractivity contribution in [3.63, 3.8) is 0 Å². The lowest BCUT2D eigenvalue weighted by molar-refractivity contribution is 0.522. The van der Waals surface area contributed by atoms with Gasteiger partial charge in [0.25, 0.3) is 0 Å². The Kier molecular flexibility index (Phi) is 6.97. The van der Waals surface area contributed by atoms with Gasteiger partial charge in [0.05, 0.1) is 15.6 Å². The molecule has 120 valence electrons. The highest BCUT2D eigenvalue weighted by molar-refractivity contribution is 7.89. The summed E-state index contributed by atoms with van der Waals surface area (Å²) < 4.78 is 27.4. The van der Waals surface area contributed by atoms with E-state index in [1.54, 1.807) is 13.0 Å². The molecule has 0 fully saturated rings. The van der Waals surface area contributed by atoms with Crippen LogP contribution >= 0.6 is 11.6 Å². The summed E-state index contributed by atoms with van der Waals surface area (Å²) in [5.74, 6) is 0. The van der Waals surface area contributed by atoms with E-state index in [0.29, 0.717) is 10.6 Å². The number of unbranched alkanes of at least 4 members (excludes halogenated alkanes) is 3. The average Bonchev–Trinajstić information content (AvgIpc) is 2.40. The molecule has 1 unspecified atom stereocenters. The van der Waals surface area contributed by atoms with E-state index in [2.05, 4.69) is 11.6 Å². The van der Waals surface area contributed by atoms with Gasteiger partial charge in [0.15, 0.2) is 0 Å². The Morgan fingerprint density at radius 3 is 2.52 bits per heavy atom. The molecule has 1 aromatic rings. The summed E-state index contributed by atoms with van der Waals surface area (Å²) in [5.41, 5.74) is 6.68. The fourth-order valence-electron chi connectivity index (χ4n) is 2.19. The molecular formula is C15H25ClN2O2S. The Hall–Kier alpha value is -0.780. The Morgan fingerprint density at radius 2 is 1.95 bits per heavy atom. The standard InChI is InChI=1S/C15H25ClN2O2S/c1-4-5-6-7-8-12(3)18-21(19,20)13-9-11(2)15(16)14(17)10-13/h9-10,12,18H,4-8,17H2,1-3H3. The van der Waals surface area contributed by atoms with Gasteiger partial charge < -0.3 is 5.73 Å². The topological polar surface area (TPSA) is 72.2 Å². The molecule has 1 rings (SSSR count). The lowest BCUT2D eigenvalue weighted by Gasteiger charge is -2.15. The van der Waals surface area contributed by atoms with Crippen molar-refractivity contribution in [3.8, 4) is 0 Å². The SMILES string of the molecule is CCCCCCC(C)NS(=O)(=O)c1cc(C)c(Cl)c(N)c1. The zero-order chi connectivity index (χ0) is 16.0. The first-order valence-corrected chi connectivity index (χ1v) is 9.22. The smallest absolute Gasteiger partial charge is 0.240 e. The molecule has 4 nitrogen and oxygen atoms in total. The number of anilines is 1. The molecule has 0 amide bonds. The lowest BCUT2D eigenvalue weighted by Crippen LogP contribution is -2.32. The number of rotatable bonds is 8. The maximum atomic E-state index is 12.3. The van der Waals surface area contributed by atoms with Gasteiger partial charge in [-0.3, -0.25) is 0 Å². The summed E-state index contributed by atoms with van der Waals surface area (Å²) in [4.78, 5) is 0.169. The quantitative estimate of drug-likeness (QED) is 0.560. The van der Waals surface area contributed by atoms with E-state index in [1.807, 2.05) is 6.92 Å². The van der Waals surface area contributed by atoms with Gasteiger partial charge in [-0.2, -0.15) is 0 Å². The van der Waals surface area contributed by atoms with Crippen LogP contribution in [-0.4, -0.2) is 14.5 Å². The van der Waals surface area contributed by atoms with Crippen molar-refractivity contribution in [2.45, 2.75) is 63.8 Å². The third-order valence-corrected chi connectivity index (χ3v) is 5.50. The van der Waals surface area contributed by atoms with Crippen molar-refractivity contribution in [1.29, 1.82) is 0 Å². The molecule has 0 aliphatic heterocycles. The van der Waals surface area contributed by atoms with Gasteiger partial charge in [0.2, 0.25) is 10.0 Å². The van der Waals surface area contributed by atoms with Crippen molar-refractivity contribution in [1.82, 2.24) is 4.72 Å². The summed E-state index contributed by atoms with van der Waals surface area (Å²) in [6.45, 7) is 5.78. The van der Waals surface area contributed by atoms with E-state index in [9.17, 15) is 8.42 Å². The Balaban J connectivity index is 2.73. The lowest BCUT2D eigenvalue weighted by atomic mass is 10.1. The summed E-state index contributed by atoms with van der Waals surface area (Å²) in [6.07, 6.45) is 5.35. The molecule has 0 saturated heterocycles. The zero-order valence-electron chi connectivity index (χ0n) is 12.9. The zero-order valence-corrected chi connectivity index (χ0v) is 14.5. The summed E-state index contributed by atoms with van der Waals surface area (Å²) in [7, 11) is -3.55. The van der Waals surface area contributed by atoms with E-state index in [-0.39, 0.29) is 16.6 Å². The largest absolute Gasteiger partial charge is 0.397 e. The molecular weight excluding hydrogens is 308 g/mol. The van der Waals surface area contributed by atoms with Gasteiger partial charge in [-0.1, -0.05) is 44.2 Å². The number of nitrogens with two attached hydrogens (primary N) is 1. The van der Waals surface area contributed by atoms with Crippen LogP contribution in [0.15, 0.2) is 17.0 Å². The third kappa shape index (κ3) is 5.49. The molecule has 0 aliphatic rings. The fourth-order valence-corrected chi connectivity index (χ4v) is 3.69. The highest BCUT2D eigenvalue weighted by Crippen LogP contribution is 2.26. The molecule has 1 atom stereocenters. The van der Waals surface area contributed by atoms with E-state index in [1.165, 1.54) is 18.9 Å². The van der Waals surface area contributed by atoms with Crippen molar-refractivity contribution in [2.75, 3.05) is 5.73 Å². The molecule has 0 aromatic heterocycles. The molecule has 6 heteroatoms. The minimum absolute atomic E-state index is 0.0935. The molecule has 0 aliphatic carbocycles. The number of halogens is 1. The van der Waals surface area contributed by atoms with Gasteiger partial charge in [0, 0.05) is 6.04 Å². The van der Waals surface area contributed by atoms with Crippen LogP contribution in [0.5, 0.6) is 0 Å². The van der Waals surface area contributed by atoms with Gasteiger partial charge in [-0.25, -0.2) is 13.1 Å². The van der Waals surface area contributed by atoms with E-state index >= 15 is 0 Å². The number of nitrogen functional groups attached to an aromatic ring is 1. The predicted octanol–water partition coefficient (Wildman–Crippen LogP) is 3.87. The minimum Gasteiger partial charge on any atom is -0.397 e. The van der Waals surface area contributed by atoms with Crippen molar-refractivity contribution < 1.29 is 8.42 Å². The summed E-state index contributed by atoms with van der Waals surface area (Å²) >= 11 is 5.96. The van der Waals surface area contributed by atoms with Crippen LogP contribution in [0.2, 0.25) is 5.02 Å². The molecule has 0 radical (unpaired) electrons. The van der Waals surface area contributed by atoms with Crippen LogP contribution in [0.25, 0.3) is 0 Å². The van der Waals surface area contributed by atoms with Crippen LogP contribution in [0.3, 0.4) is 0 Å². The Morgan fingerprint density at radius 1 is 1.29 bits per heavy atom. The fraction of sp³-hybridized carbons (Fsp3) is 0.600. The number of benzene rings is 1.